The molecule has 1 atom stereocenters. The fraction of sp³-hybridized carbons (Fsp3) is 0.393. The molecule has 1 aliphatic carbocycles. The van der Waals surface area contributed by atoms with Gasteiger partial charge in [-0.25, -0.2) is 14.6 Å². The second-order valence-corrected chi connectivity index (χ2v) is 10.9. The first-order chi connectivity index (χ1) is 18.1. The highest BCUT2D eigenvalue weighted by molar-refractivity contribution is 5.91. The normalized spacial score (nSPS) is 18.8. The fourth-order valence-electron chi connectivity index (χ4n) is 4.67. The molecule has 10 heteroatoms. The number of hydrogen-bond acceptors (Lipinski definition) is 7. The minimum absolute atomic E-state index is 0.0212. The first kappa shape index (κ1) is 25.7. The Balaban J connectivity index is 1.29. The average molecular weight is 519 g/mol. The molecule has 2 amide bonds. The number of likely N-dealkylation sites (N-methyl/N-ethyl adjacent to an activating group) is 1. The molecule has 2 aromatic heterocycles. The number of amides is 2. The number of nitrogens with zero attached hydrogens (tertiary/aromatic N) is 4. The van der Waals surface area contributed by atoms with Gasteiger partial charge >= 0.3 is 11.8 Å². The van der Waals surface area contributed by atoms with Crippen LogP contribution < -0.4 is 21.1 Å². The minimum atomic E-state index is -0.518. The van der Waals surface area contributed by atoms with Crippen LogP contribution >= 0.6 is 0 Å². The number of allylic oxidation sites excluding steroid dienone is 2. The number of fused-ring (bicyclic) bond motifs is 1. The van der Waals surface area contributed by atoms with Gasteiger partial charge in [-0.05, 0) is 36.2 Å². The molecule has 1 fully saturated rings. The molecule has 5 rings (SSSR count). The summed E-state index contributed by atoms with van der Waals surface area (Å²) in [5.41, 5.74) is 3.29. The number of carbonyl (C=O) groups excluding carboxylic acids is 1. The fourth-order valence-corrected chi connectivity index (χ4v) is 4.67. The quantitative estimate of drug-likeness (QED) is 0.527. The number of nitrogens with one attached hydrogen (secondary N) is 2. The molecule has 0 bridgehead atoms. The van der Waals surface area contributed by atoms with Gasteiger partial charge in [0, 0.05) is 62.9 Å². The molecule has 2 aliphatic rings. The van der Waals surface area contributed by atoms with Crippen LogP contribution in [-0.2, 0) is 7.05 Å². The van der Waals surface area contributed by atoms with Gasteiger partial charge < -0.3 is 24.7 Å². The first-order valence-electron chi connectivity index (χ1n) is 12.8. The molecular weight excluding hydrogens is 484 g/mol. The zero-order chi connectivity index (χ0) is 27.0. The molecule has 1 unspecified atom stereocenters. The number of carbonyl (C=O) groups is 1. The number of hydrogen-bond donors (Lipinski definition) is 2. The van der Waals surface area contributed by atoms with Crippen molar-refractivity contribution < 1.29 is 13.9 Å². The molecule has 200 valence electrons. The van der Waals surface area contributed by atoms with Crippen LogP contribution in [0.1, 0.15) is 20.8 Å². The van der Waals surface area contributed by atoms with Crippen molar-refractivity contribution in [2.45, 2.75) is 26.8 Å². The first-order valence-corrected chi connectivity index (χ1v) is 12.8. The number of ether oxygens (including phenoxy) is 1. The van der Waals surface area contributed by atoms with Crippen molar-refractivity contribution in [1.82, 2.24) is 24.7 Å². The van der Waals surface area contributed by atoms with E-state index in [-0.39, 0.29) is 23.1 Å². The third-order valence-electron chi connectivity index (χ3n) is 6.97. The van der Waals surface area contributed by atoms with Gasteiger partial charge in [0.05, 0.1) is 6.04 Å². The van der Waals surface area contributed by atoms with Crippen molar-refractivity contribution in [3.8, 4) is 11.5 Å². The second kappa shape index (κ2) is 10.1. The zero-order valence-electron chi connectivity index (χ0n) is 22.4. The SMILES string of the molecule is CN1CCN(C2C=C(C(C)(C)C)C=C2NC(=O)Nc2cccc(Oc3ccnc4c3oc(=O)n4C)c2)CC1. The van der Waals surface area contributed by atoms with Crippen molar-refractivity contribution in [2.24, 2.45) is 12.5 Å². The van der Waals surface area contributed by atoms with E-state index < -0.39 is 5.76 Å². The summed E-state index contributed by atoms with van der Waals surface area (Å²) in [7, 11) is 3.72. The molecule has 10 nitrogen and oxygen atoms in total. The van der Waals surface area contributed by atoms with Gasteiger partial charge in [0.15, 0.2) is 11.4 Å². The van der Waals surface area contributed by atoms with Gasteiger partial charge in [-0.1, -0.05) is 32.9 Å². The van der Waals surface area contributed by atoms with Gasteiger partial charge in [0.1, 0.15) is 5.75 Å². The number of aromatic nitrogens is 2. The van der Waals surface area contributed by atoms with Crippen LogP contribution in [0.3, 0.4) is 0 Å². The van der Waals surface area contributed by atoms with E-state index in [0.29, 0.717) is 22.8 Å². The summed E-state index contributed by atoms with van der Waals surface area (Å²) in [4.78, 5) is 33.9. The van der Waals surface area contributed by atoms with Crippen LogP contribution in [0.4, 0.5) is 10.5 Å². The lowest BCUT2D eigenvalue weighted by Gasteiger charge is -2.36. The lowest BCUT2D eigenvalue weighted by molar-refractivity contribution is 0.140. The third-order valence-corrected chi connectivity index (χ3v) is 6.97. The molecule has 0 radical (unpaired) electrons. The Kier molecular flexibility index (Phi) is 6.85. The largest absolute Gasteiger partial charge is 0.453 e. The summed E-state index contributed by atoms with van der Waals surface area (Å²) >= 11 is 0. The number of aryl methyl sites for hydroxylation is 1. The van der Waals surface area contributed by atoms with E-state index in [9.17, 15) is 9.59 Å². The number of rotatable bonds is 5. The van der Waals surface area contributed by atoms with Gasteiger partial charge in [0.25, 0.3) is 0 Å². The van der Waals surface area contributed by atoms with E-state index in [1.54, 1.807) is 43.6 Å². The van der Waals surface area contributed by atoms with Crippen molar-refractivity contribution in [3.05, 3.63) is 70.5 Å². The Labute approximate surface area is 221 Å². The predicted octanol–water partition coefficient (Wildman–Crippen LogP) is 3.93. The number of pyridine rings is 1. The lowest BCUT2D eigenvalue weighted by Crippen LogP contribution is -2.50. The average Bonchev–Trinajstić information content (AvgIpc) is 3.41. The van der Waals surface area contributed by atoms with E-state index in [1.807, 2.05) is 0 Å². The zero-order valence-corrected chi connectivity index (χ0v) is 22.4. The van der Waals surface area contributed by atoms with Gasteiger partial charge in [0.2, 0.25) is 5.58 Å². The Morgan fingerprint density at radius 3 is 2.61 bits per heavy atom. The number of benzene rings is 1. The highest BCUT2D eigenvalue weighted by Gasteiger charge is 2.32. The molecule has 1 saturated heterocycles. The maximum Gasteiger partial charge on any atom is 0.421 e. The van der Waals surface area contributed by atoms with Crippen molar-refractivity contribution in [1.29, 1.82) is 0 Å². The van der Waals surface area contributed by atoms with Crippen LogP contribution in [0.25, 0.3) is 11.2 Å². The van der Waals surface area contributed by atoms with Crippen molar-refractivity contribution in [3.63, 3.8) is 0 Å². The number of anilines is 1. The molecule has 38 heavy (non-hydrogen) atoms. The Morgan fingerprint density at radius 1 is 1.11 bits per heavy atom. The molecular formula is C28H34N6O4. The van der Waals surface area contributed by atoms with Crippen LogP contribution in [0.2, 0.25) is 0 Å². The monoisotopic (exact) mass is 518 g/mol. The molecule has 3 heterocycles. The number of piperazine rings is 1. The van der Waals surface area contributed by atoms with E-state index in [0.717, 1.165) is 31.9 Å². The molecule has 1 aromatic carbocycles. The van der Waals surface area contributed by atoms with Gasteiger partial charge in [-0.3, -0.25) is 9.47 Å². The Hall–Kier alpha value is -3.89. The minimum Gasteiger partial charge on any atom is -0.453 e. The maximum absolute atomic E-state index is 13.1. The van der Waals surface area contributed by atoms with E-state index in [1.165, 1.54) is 10.1 Å². The van der Waals surface area contributed by atoms with Crippen LogP contribution in [0.15, 0.2) is 69.2 Å². The topological polar surface area (TPSA) is 105 Å². The van der Waals surface area contributed by atoms with Crippen LogP contribution in [0.5, 0.6) is 11.5 Å². The molecule has 1 aliphatic heterocycles. The lowest BCUT2D eigenvalue weighted by atomic mass is 9.87. The van der Waals surface area contributed by atoms with Crippen LogP contribution in [0, 0.1) is 5.41 Å². The summed E-state index contributed by atoms with van der Waals surface area (Å²) < 4.78 is 12.6. The molecule has 0 saturated carbocycles. The molecule has 0 spiro atoms. The summed E-state index contributed by atoms with van der Waals surface area (Å²) in [6.07, 6.45) is 5.92. The maximum atomic E-state index is 13.1. The number of urea groups is 1. The Bertz CT molecular complexity index is 1470. The highest BCUT2D eigenvalue weighted by Crippen LogP contribution is 2.34. The van der Waals surface area contributed by atoms with E-state index in [2.05, 4.69) is 65.4 Å². The standard InChI is InChI=1S/C28H34N6O4/c1-28(2,3)18-15-21(22(16-18)34-13-11-32(4)12-14-34)31-26(35)30-19-7-6-8-20(17-19)37-23-9-10-29-25-24(23)38-27(36)33(25)5/h6-10,15-17,22H,11-14H2,1-5H3,(H2,30,31,35). The van der Waals surface area contributed by atoms with Crippen molar-refractivity contribution >= 4 is 22.9 Å². The summed E-state index contributed by atoms with van der Waals surface area (Å²) in [5, 5.41) is 6.01. The van der Waals surface area contributed by atoms with Crippen LogP contribution in [-0.4, -0.2) is 64.7 Å². The molecule has 3 aromatic rings. The van der Waals surface area contributed by atoms with Crippen molar-refractivity contribution in [2.75, 3.05) is 38.5 Å². The number of oxazole rings is 1. The highest BCUT2D eigenvalue weighted by atomic mass is 16.5. The van der Waals surface area contributed by atoms with E-state index >= 15 is 0 Å². The molecule has 2 N–H and O–H groups in total. The summed E-state index contributed by atoms with van der Waals surface area (Å²) in [6.45, 7) is 10.4. The second-order valence-electron chi connectivity index (χ2n) is 10.9. The van der Waals surface area contributed by atoms with Gasteiger partial charge in [-0.15, -0.1) is 0 Å². The van der Waals surface area contributed by atoms with E-state index in [4.69, 9.17) is 9.15 Å². The smallest absolute Gasteiger partial charge is 0.421 e. The third kappa shape index (κ3) is 5.36. The van der Waals surface area contributed by atoms with Gasteiger partial charge in [-0.2, -0.15) is 0 Å². The summed E-state index contributed by atoms with van der Waals surface area (Å²) in [6, 6.07) is 8.39. The summed E-state index contributed by atoms with van der Waals surface area (Å²) in [5.74, 6) is 0.325. The Morgan fingerprint density at radius 2 is 1.87 bits per heavy atom. The predicted molar refractivity (Wildman–Crippen MR) is 146 cm³/mol.